The molecule has 0 aromatic rings. The van der Waals surface area contributed by atoms with Gasteiger partial charge in [-0.2, -0.15) is 8.42 Å². The number of nitrogens with two attached hydrogens (primary N) is 4. The lowest BCUT2D eigenvalue weighted by atomic mass is 10.2. The maximum absolute atomic E-state index is 9.91. The summed E-state index contributed by atoms with van der Waals surface area (Å²) in [5, 5.41) is 16.3. The molecule has 0 aliphatic carbocycles. The normalized spacial score (nSPS) is 12.9. The second-order valence-electron chi connectivity index (χ2n) is 3.49. The summed E-state index contributed by atoms with van der Waals surface area (Å²) in [4.78, 5) is 19.8. The fraction of sp³-hybridized carbons (Fsp3) is 0.750. The van der Waals surface area contributed by atoms with E-state index in [1.54, 1.807) is 0 Å². The number of carbonyl (C=O) groups is 2. The molecule has 12 N–H and O–H groups in total. The Labute approximate surface area is 121 Å². The Kier molecular flexibility index (Phi) is 16.0. The first-order valence-electron chi connectivity index (χ1n) is 5.43. The molecule has 0 aromatic carbocycles. The molecule has 0 aromatic heterocycles. The molecule has 0 bridgehead atoms. The molecule has 0 rings (SSSR count). The highest BCUT2D eigenvalue weighted by atomic mass is 32.3. The first-order valence-corrected chi connectivity index (χ1v) is 6.83. The van der Waals surface area contributed by atoms with Gasteiger partial charge >= 0.3 is 22.3 Å². The van der Waals surface area contributed by atoms with Crippen LogP contribution in [0.25, 0.3) is 0 Å². The predicted molar refractivity (Wildman–Crippen MR) is 72.7 cm³/mol. The quantitative estimate of drug-likeness (QED) is 0.224. The Balaban J connectivity index is -0.000000239. The number of rotatable bonds is 6. The summed E-state index contributed by atoms with van der Waals surface area (Å²) in [5.74, 6) is -1.98. The molecule has 0 radical (unpaired) electrons. The van der Waals surface area contributed by atoms with Crippen molar-refractivity contribution in [2.75, 3.05) is 13.1 Å². The molecule has 128 valence electrons. The maximum Gasteiger partial charge on any atom is 0.394 e. The summed E-state index contributed by atoms with van der Waals surface area (Å²) in [5.41, 5.74) is 20.1. The number of carboxylic acids is 2. The second-order valence-corrected chi connectivity index (χ2v) is 4.39. The summed E-state index contributed by atoms with van der Waals surface area (Å²) in [6.07, 6.45) is 0.685. The predicted octanol–water partition coefficient (Wildman–Crippen LogP) is -3.16. The van der Waals surface area contributed by atoms with Crippen LogP contribution in [0.15, 0.2) is 0 Å². The van der Waals surface area contributed by atoms with E-state index in [1.165, 1.54) is 0 Å². The first-order chi connectivity index (χ1) is 9.36. The first kappa shape index (κ1) is 24.7. The SMILES string of the molecule is NCC[C@H](N)C(=O)O.NCC[C@H](N)C(=O)O.O=S(=O)(O)O. The summed E-state index contributed by atoms with van der Waals surface area (Å²) in [7, 11) is -4.67. The van der Waals surface area contributed by atoms with Crippen LogP contribution in [-0.2, 0) is 20.0 Å². The molecule has 12 nitrogen and oxygen atoms in total. The maximum atomic E-state index is 9.91. The van der Waals surface area contributed by atoms with Gasteiger partial charge in [-0.15, -0.1) is 0 Å². The number of hydrogen-bond acceptors (Lipinski definition) is 8. The van der Waals surface area contributed by atoms with Gasteiger partial charge in [-0.3, -0.25) is 18.7 Å². The van der Waals surface area contributed by atoms with E-state index in [2.05, 4.69) is 0 Å². The minimum Gasteiger partial charge on any atom is -0.480 e. The molecule has 0 spiro atoms. The molecular weight excluding hydrogens is 312 g/mol. The van der Waals surface area contributed by atoms with Crippen LogP contribution in [0.3, 0.4) is 0 Å². The Morgan fingerprint density at radius 2 is 1.05 bits per heavy atom. The van der Waals surface area contributed by atoms with E-state index in [0.717, 1.165) is 0 Å². The Hall–Kier alpha value is -1.35. The minimum atomic E-state index is -4.67. The summed E-state index contributed by atoms with van der Waals surface area (Å²) in [6, 6.07) is -1.58. The van der Waals surface area contributed by atoms with Crippen LogP contribution < -0.4 is 22.9 Å². The van der Waals surface area contributed by atoms with Gasteiger partial charge in [-0.05, 0) is 25.9 Å². The van der Waals surface area contributed by atoms with E-state index in [1.807, 2.05) is 0 Å². The molecule has 0 aliphatic heterocycles. The Morgan fingerprint density at radius 3 is 1.10 bits per heavy atom. The number of aliphatic carboxylic acids is 2. The van der Waals surface area contributed by atoms with Gasteiger partial charge in [0.05, 0.1) is 0 Å². The smallest absolute Gasteiger partial charge is 0.394 e. The van der Waals surface area contributed by atoms with Crippen LogP contribution in [0.2, 0.25) is 0 Å². The van der Waals surface area contributed by atoms with Gasteiger partial charge in [0.1, 0.15) is 12.1 Å². The third-order valence-electron chi connectivity index (χ3n) is 1.59. The van der Waals surface area contributed by atoms with Crippen LogP contribution in [0.4, 0.5) is 0 Å². The highest BCUT2D eigenvalue weighted by Crippen LogP contribution is 1.82. The lowest BCUT2D eigenvalue weighted by Gasteiger charge is -2.00. The van der Waals surface area contributed by atoms with E-state index >= 15 is 0 Å². The summed E-state index contributed by atoms with van der Waals surface area (Å²) in [6.45, 7) is 0.654. The summed E-state index contributed by atoms with van der Waals surface area (Å²) >= 11 is 0. The van der Waals surface area contributed by atoms with Crippen molar-refractivity contribution >= 4 is 22.3 Å². The van der Waals surface area contributed by atoms with Crippen LogP contribution >= 0.6 is 0 Å². The molecule has 2 atom stereocenters. The van der Waals surface area contributed by atoms with Gasteiger partial charge in [0.15, 0.2) is 0 Å². The molecule has 0 aliphatic rings. The molecule has 0 amide bonds. The molecular formula is C8H22N4O8S. The average molecular weight is 334 g/mol. The zero-order chi connectivity index (χ0) is 17.6. The fourth-order valence-corrected chi connectivity index (χ4v) is 0.606. The highest BCUT2D eigenvalue weighted by molar-refractivity contribution is 7.79. The molecule has 13 heteroatoms. The van der Waals surface area contributed by atoms with Gasteiger partial charge in [0, 0.05) is 0 Å². The van der Waals surface area contributed by atoms with Crippen molar-refractivity contribution in [1.29, 1.82) is 0 Å². The average Bonchev–Trinajstić information content (AvgIpc) is 2.28. The highest BCUT2D eigenvalue weighted by Gasteiger charge is 2.08. The van der Waals surface area contributed by atoms with Crippen molar-refractivity contribution < 1.29 is 37.3 Å². The largest absolute Gasteiger partial charge is 0.480 e. The minimum absolute atomic E-state index is 0.327. The lowest BCUT2D eigenvalue weighted by molar-refractivity contribution is -0.139. The van der Waals surface area contributed by atoms with Crippen LogP contribution in [0, 0.1) is 0 Å². The third kappa shape index (κ3) is 32.3. The number of carboxylic acid groups (broad SMARTS) is 2. The molecule has 0 saturated heterocycles. The third-order valence-corrected chi connectivity index (χ3v) is 1.59. The monoisotopic (exact) mass is 334 g/mol. The second kappa shape index (κ2) is 13.6. The molecule has 0 unspecified atom stereocenters. The molecule has 0 saturated carbocycles. The van der Waals surface area contributed by atoms with Crippen molar-refractivity contribution in [2.45, 2.75) is 24.9 Å². The van der Waals surface area contributed by atoms with E-state index in [9.17, 15) is 9.59 Å². The molecule has 0 heterocycles. The topological polar surface area (TPSA) is 253 Å². The van der Waals surface area contributed by atoms with E-state index in [4.69, 9.17) is 50.7 Å². The van der Waals surface area contributed by atoms with Crippen molar-refractivity contribution in [3.05, 3.63) is 0 Å². The van der Waals surface area contributed by atoms with Crippen LogP contribution in [-0.4, -0.2) is 64.8 Å². The molecule has 21 heavy (non-hydrogen) atoms. The van der Waals surface area contributed by atoms with Gasteiger partial charge in [0.25, 0.3) is 0 Å². The Bertz CT molecular complexity index is 358. The van der Waals surface area contributed by atoms with Gasteiger partial charge < -0.3 is 33.1 Å². The summed E-state index contributed by atoms with van der Waals surface area (Å²) < 4.78 is 31.6. The number of hydrogen-bond donors (Lipinski definition) is 8. The van der Waals surface area contributed by atoms with E-state index < -0.39 is 34.4 Å². The van der Waals surface area contributed by atoms with E-state index in [0.29, 0.717) is 25.9 Å². The van der Waals surface area contributed by atoms with Gasteiger partial charge in [-0.25, -0.2) is 0 Å². The lowest BCUT2D eigenvalue weighted by Crippen LogP contribution is -2.32. The standard InChI is InChI=1S/2C4H10N2O2.H2O4S/c2*5-2-1-3(6)4(7)8;1-5(2,3)4/h2*3H,1-2,5-6H2,(H,7,8);(H2,1,2,3,4)/t2*3-;/m00./s1. The van der Waals surface area contributed by atoms with Crippen molar-refractivity contribution in [3.63, 3.8) is 0 Å². The van der Waals surface area contributed by atoms with Crippen LogP contribution in [0.1, 0.15) is 12.8 Å². The van der Waals surface area contributed by atoms with E-state index in [-0.39, 0.29) is 0 Å². The van der Waals surface area contributed by atoms with Crippen molar-refractivity contribution in [3.8, 4) is 0 Å². The van der Waals surface area contributed by atoms with Crippen molar-refractivity contribution in [1.82, 2.24) is 0 Å². The molecule has 0 fully saturated rings. The zero-order valence-corrected chi connectivity index (χ0v) is 11.9. The fourth-order valence-electron chi connectivity index (χ4n) is 0.606. The Morgan fingerprint density at radius 1 is 0.857 bits per heavy atom. The van der Waals surface area contributed by atoms with Crippen LogP contribution in [0.5, 0.6) is 0 Å². The van der Waals surface area contributed by atoms with Crippen molar-refractivity contribution in [2.24, 2.45) is 22.9 Å². The van der Waals surface area contributed by atoms with Gasteiger partial charge in [-0.1, -0.05) is 0 Å². The zero-order valence-electron chi connectivity index (χ0n) is 11.1. The van der Waals surface area contributed by atoms with Gasteiger partial charge in [0.2, 0.25) is 0 Å².